The largest absolute Gasteiger partial charge is 0.165 e. The molecule has 14 heavy (non-hydrogen) atoms. The minimum atomic E-state index is 0.589. The van der Waals surface area contributed by atoms with E-state index in [9.17, 15) is 0 Å². The maximum Gasteiger partial charge on any atom is 0.00878 e. The molecular weight excluding hydrogens is 256 g/mol. The summed E-state index contributed by atoms with van der Waals surface area (Å²) in [5.41, 5.74) is 0.589. The van der Waals surface area contributed by atoms with Gasteiger partial charge >= 0.3 is 0 Å². The molecule has 2 heteroatoms. The molecule has 0 heterocycles. The Morgan fingerprint density at radius 2 is 1.79 bits per heavy atom. The van der Waals surface area contributed by atoms with E-state index < -0.39 is 0 Å². The number of unbranched alkanes of at least 4 members (excludes halogenated alkanes) is 1. The minimum Gasteiger partial charge on any atom is -0.165 e. The smallest absolute Gasteiger partial charge is 0.00878 e. The van der Waals surface area contributed by atoms with Crippen LogP contribution in [0.4, 0.5) is 0 Å². The maximum absolute atomic E-state index is 3.71. The van der Waals surface area contributed by atoms with Crippen molar-refractivity contribution in [3.63, 3.8) is 0 Å². The minimum absolute atomic E-state index is 0.589. The van der Waals surface area contributed by atoms with Crippen LogP contribution in [0.15, 0.2) is 0 Å². The van der Waals surface area contributed by atoms with Crippen molar-refractivity contribution in [2.24, 2.45) is 5.41 Å². The Labute approximate surface area is 103 Å². The molecule has 0 saturated heterocycles. The number of hydrogen-bond acceptors (Lipinski definition) is 1. The van der Waals surface area contributed by atoms with Crippen LogP contribution >= 0.6 is 27.7 Å². The molecule has 0 aromatic heterocycles. The van der Waals surface area contributed by atoms with Gasteiger partial charge in [-0.3, -0.25) is 0 Å². The van der Waals surface area contributed by atoms with E-state index in [1.165, 1.54) is 49.6 Å². The van der Waals surface area contributed by atoms with Gasteiger partial charge in [-0.15, -0.1) is 0 Å². The van der Waals surface area contributed by atoms with Crippen LogP contribution in [0.2, 0.25) is 0 Å². The highest BCUT2D eigenvalue weighted by atomic mass is 79.9. The molecule has 86 valence electrons. The molecule has 1 unspecified atom stereocenters. The molecule has 1 atom stereocenters. The van der Waals surface area contributed by atoms with Crippen LogP contribution in [-0.2, 0) is 0 Å². The lowest BCUT2D eigenvalue weighted by atomic mass is 9.78. The molecule has 0 aliphatic rings. The van der Waals surface area contributed by atoms with Crippen LogP contribution in [-0.4, -0.2) is 17.3 Å². The molecule has 0 spiro atoms. The zero-order valence-electron chi connectivity index (χ0n) is 9.94. The van der Waals surface area contributed by atoms with Crippen LogP contribution in [0.25, 0.3) is 0 Å². The van der Waals surface area contributed by atoms with E-state index in [1.807, 2.05) is 11.8 Å². The second-order valence-corrected chi connectivity index (χ2v) is 5.73. The molecule has 0 N–H and O–H groups in total. The van der Waals surface area contributed by atoms with Crippen molar-refractivity contribution < 1.29 is 0 Å². The van der Waals surface area contributed by atoms with Gasteiger partial charge in [0.15, 0.2) is 0 Å². The van der Waals surface area contributed by atoms with Crippen molar-refractivity contribution in [1.82, 2.24) is 0 Å². The van der Waals surface area contributed by atoms with Crippen molar-refractivity contribution in [3.05, 3.63) is 0 Å². The summed E-state index contributed by atoms with van der Waals surface area (Å²) in [6.45, 7) is 4.63. The first kappa shape index (κ1) is 14.8. The predicted octanol–water partition coefficient (Wildman–Crippen LogP) is 5.11. The second-order valence-electron chi connectivity index (χ2n) is 4.19. The standard InChI is InChI=1S/C12H25BrS/c1-4-6-8-12(5-2,11-13)9-7-10-14-3/h4-11H2,1-3H3. The van der Waals surface area contributed by atoms with Crippen LogP contribution in [0.5, 0.6) is 0 Å². The zero-order chi connectivity index (χ0) is 10.9. The fourth-order valence-corrected chi connectivity index (χ4v) is 3.24. The topological polar surface area (TPSA) is 0 Å². The van der Waals surface area contributed by atoms with Crippen molar-refractivity contribution >= 4 is 27.7 Å². The Morgan fingerprint density at radius 3 is 2.21 bits per heavy atom. The van der Waals surface area contributed by atoms with Gasteiger partial charge in [-0.05, 0) is 43.1 Å². The highest BCUT2D eigenvalue weighted by Crippen LogP contribution is 2.36. The van der Waals surface area contributed by atoms with Gasteiger partial charge in [0.05, 0.1) is 0 Å². The molecular formula is C12H25BrS. The number of thioether (sulfide) groups is 1. The molecule has 0 aromatic rings. The van der Waals surface area contributed by atoms with Gasteiger partial charge in [-0.1, -0.05) is 42.6 Å². The van der Waals surface area contributed by atoms with E-state index in [1.54, 1.807) is 0 Å². The van der Waals surface area contributed by atoms with Gasteiger partial charge in [0, 0.05) is 5.33 Å². The molecule has 0 nitrogen and oxygen atoms in total. The molecule has 0 bridgehead atoms. The van der Waals surface area contributed by atoms with Gasteiger partial charge in [0.25, 0.3) is 0 Å². The molecule has 0 fully saturated rings. The van der Waals surface area contributed by atoms with Gasteiger partial charge in [0.1, 0.15) is 0 Å². The number of rotatable bonds is 9. The predicted molar refractivity (Wildman–Crippen MR) is 73.7 cm³/mol. The van der Waals surface area contributed by atoms with E-state index in [4.69, 9.17) is 0 Å². The van der Waals surface area contributed by atoms with Crippen molar-refractivity contribution in [2.75, 3.05) is 17.3 Å². The third-order valence-corrected chi connectivity index (χ3v) is 5.04. The van der Waals surface area contributed by atoms with E-state index in [2.05, 4.69) is 36.0 Å². The van der Waals surface area contributed by atoms with Crippen LogP contribution in [0.3, 0.4) is 0 Å². The third kappa shape index (κ3) is 5.65. The summed E-state index contributed by atoms with van der Waals surface area (Å²) < 4.78 is 0. The highest BCUT2D eigenvalue weighted by Gasteiger charge is 2.25. The first-order valence-electron chi connectivity index (χ1n) is 5.79. The average Bonchev–Trinajstić information content (AvgIpc) is 2.24. The highest BCUT2D eigenvalue weighted by molar-refractivity contribution is 9.09. The Kier molecular flexibility index (Phi) is 9.62. The Hall–Kier alpha value is 0.830. The SMILES string of the molecule is CCCCC(CC)(CBr)CCCSC. The average molecular weight is 281 g/mol. The monoisotopic (exact) mass is 280 g/mol. The quantitative estimate of drug-likeness (QED) is 0.418. The third-order valence-electron chi connectivity index (χ3n) is 3.15. The lowest BCUT2D eigenvalue weighted by Gasteiger charge is -2.31. The lowest BCUT2D eigenvalue weighted by molar-refractivity contribution is 0.261. The number of hydrogen-bond donors (Lipinski definition) is 0. The van der Waals surface area contributed by atoms with Crippen LogP contribution < -0.4 is 0 Å². The van der Waals surface area contributed by atoms with E-state index >= 15 is 0 Å². The summed E-state index contributed by atoms with van der Waals surface area (Å²) in [5.74, 6) is 1.32. The molecule has 0 aliphatic heterocycles. The molecule has 0 rings (SSSR count). The van der Waals surface area contributed by atoms with Gasteiger partial charge < -0.3 is 0 Å². The molecule has 0 aliphatic carbocycles. The van der Waals surface area contributed by atoms with Crippen LogP contribution in [0.1, 0.15) is 52.4 Å². The Balaban J connectivity index is 3.94. The van der Waals surface area contributed by atoms with Crippen molar-refractivity contribution in [1.29, 1.82) is 0 Å². The Morgan fingerprint density at radius 1 is 1.14 bits per heavy atom. The van der Waals surface area contributed by atoms with Crippen LogP contribution in [0, 0.1) is 5.41 Å². The van der Waals surface area contributed by atoms with Crippen molar-refractivity contribution in [3.8, 4) is 0 Å². The number of alkyl halides is 1. The lowest BCUT2D eigenvalue weighted by Crippen LogP contribution is -2.22. The summed E-state index contributed by atoms with van der Waals surface area (Å²) in [6, 6.07) is 0. The first-order chi connectivity index (χ1) is 6.74. The number of halogens is 1. The fourth-order valence-electron chi connectivity index (χ4n) is 1.85. The van der Waals surface area contributed by atoms with Gasteiger partial charge in [-0.25, -0.2) is 0 Å². The summed E-state index contributed by atoms with van der Waals surface area (Å²) in [7, 11) is 0. The van der Waals surface area contributed by atoms with E-state index in [0.717, 1.165) is 0 Å². The zero-order valence-corrected chi connectivity index (χ0v) is 12.3. The molecule has 0 aromatic carbocycles. The molecule has 0 radical (unpaired) electrons. The normalized spacial score (nSPS) is 15.4. The van der Waals surface area contributed by atoms with Crippen molar-refractivity contribution in [2.45, 2.75) is 52.4 Å². The Bertz CT molecular complexity index is 121. The fraction of sp³-hybridized carbons (Fsp3) is 1.00. The van der Waals surface area contributed by atoms with E-state index in [0.29, 0.717) is 5.41 Å². The second kappa shape index (κ2) is 9.08. The summed E-state index contributed by atoms with van der Waals surface area (Å²) in [4.78, 5) is 0. The first-order valence-corrected chi connectivity index (χ1v) is 8.31. The van der Waals surface area contributed by atoms with Gasteiger partial charge in [0.2, 0.25) is 0 Å². The van der Waals surface area contributed by atoms with Gasteiger partial charge in [-0.2, -0.15) is 11.8 Å². The summed E-state index contributed by atoms with van der Waals surface area (Å²) >= 11 is 5.68. The summed E-state index contributed by atoms with van der Waals surface area (Å²) in [6.07, 6.45) is 10.4. The van der Waals surface area contributed by atoms with E-state index in [-0.39, 0.29) is 0 Å². The molecule has 0 amide bonds. The molecule has 0 saturated carbocycles. The summed E-state index contributed by atoms with van der Waals surface area (Å²) in [5, 5.41) is 1.19. The maximum atomic E-state index is 3.71.